The summed E-state index contributed by atoms with van der Waals surface area (Å²) in [6.45, 7) is 2.95. The zero-order chi connectivity index (χ0) is 18.5. The van der Waals surface area contributed by atoms with Crippen LogP contribution in [-0.2, 0) is 0 Å². The predicted molar refractivity (Wildman–Crippen MR) is 118 cm³/mol. The fourth-order valence-electron chi connectivity index (χ4n) is 2.85. The molecule has 142 valence electrons. The molecule has 27 heavy (non-hydrogen) atoms. The van der Waals surface area contributed by atoms with Gasteiger partial charge in [-0.05, 0) is 44.0 Å². The number of carbonyl (C=O) groups excluding carboxylic acids is 2. The number of amides is 2. The molecule has 0 fully saturated rings. The normalized spacial score (nSPS) is 13.4. The van der Waals surface area contributed by atoms with E-state index in [1.807, 2.05) is 31.2 Å². The molecule has 0 atom stereocenters. The highest BCUT2D eigenvalue weighted by atomic mass is 127. The molecular weight excluding hydrogens is 455 g/mol. The van der Waals surface area contributed by atoms with Crippen LogP contribution in [0, 0.1) is 6.92 Å². The van der Waals surface area contributed by atoms with Gasteiger partial charge in [0.15, 0.2) is 5.96 Å². The fourth-order valence-corrected chi connectivity index (χ4v) is 2.85. The van der Waals surface area contributed by atoms with Gasteiger partial charge >= 0.3 is 0 Å². The van der Waals surface area contributed by atoms with Crippen LogP contribution in [0.2, 0.25) is 0 Å². The molecule has 2 aromatic rings. The van der Waals surface area contributed by atoms with Gasteiger partial charge in [0.1, 0.15) is 0 Å². The lowest BCUT2D eigenvalue weighted by molar-refractivity contribution is 0.0652. The number of aliphatic imine (C=N–C) groups is 1. The maximum atomic E-state index is 12.3. The molecular formula is C20H23IN4O2. The summed E-state index contributed by atoms with van der Waals surface area (Å²) in [5.41, 5.74) is 8.92. The summed E-state index contributed by atoms with van der Waals surface area (Å²) in [5, 5.41) is 3.04. The summed E-state index contributed by atoms with van der Waals surface area (Å²) in [7, 11) is 0. The molecule has 2 amide bonds. The number of nitrogens with one attached hydrogen (secondary N) is 1. The van der Waals surface area contributed by atoms with E-state index in [0.29, 0.717) is 36.6 Å². The minimum atomic E-state index is -0.213. The number of carbonyl (C=O) groups is 2. The second kappa shape index (κ2) is 9.50. The summed E-state index contributed by atoms with van der Waals surface area (Å²) in [6.07, 6.45) is 1.43. The number of benzene rings is 2. The van der Waals surface area contributed by atoms with Crippen molar-refractivity contribution in [1.82, 2.24) is 4.90 Å². The molecule has 3 N–H and O–H groups in total. The fraction of sp³-hybridized carbons (Fsp3) is 0.250. The first-order chi connectivity index (χ1) is 12.6. The lowest BCUT2D eigenvalue weighted by Gasteiger charge is -2.13. The van der Waals surface area contributed by atoms with Gasteiger partial charge in [0.2, 0.25) is 0 Å². The standard InChI is InChI=1S/C20H22N4O2.HI/c1-14-8-10-15(11-9-14)23-20(21)22-12-4-5-13-24-18(25)16-6-2-3-7-17(16)19(24)26;/h2-3,6-11H,4-5,12-13H2,1H3,(H3,21,22,23);1H. The third-order valence-electron chi connectivity index (χ3n) is 4.27. The Bertz CT molecular complexity index is 814. The number of imide groups is 1. The van der Waals surface area contributed by atoms with Crippen LogP contribution in [0.4, 0.5) is 5.69 Å². The highest BCUT2D eigenvalue weighted by molar-refractivity contribution is 14.0. The summed E-state index contributed by atoms with van der Waals surface area (Å²) < 4.78 is 0. The zero-order valence-corrected chi connectivity index (χ0v) is 17.5. The molecule has 2 aromatic carbocycles. The van der Waals surface area contributed by atoms with Crippen LogP contribution in [0.5, 0.6) is 0 Å². The lowest BCUT2D eigenvalue weighted by atomic mass is 10.1. The summed E-state index contributed by atoms with van der Waals surface area (Å²) in [6, 6.07) is 14.8. The Labute approximate surface area is 175 Å². The number of hydrogen-bond donors (Lipinski definition) is 2. The molecule has 1 aliphatic heterocycles. The largest absolute Gasteiger partial charge is 0.370 e. The molecule has 0 saturated heterocycles. The van der Waals surface area contributed by atoms with Gasteiger partial charge in [-0.3, -0.25) is 19.5 Å². The Balaban J connectivity index is 0.00000261. The van der Waals surface area contributed by atoms with Crippen molar-refractivity contribution < 1.29 is 9.59 Å². The SMILES string of the molecule is Cc1ccc(NC(N)=NCCCCN2C(=O)c3ccccc3C2=O)cc1.I. The predicted octanol–water partition coefficient (Wildman–Crippen LogP) is 3.42. The van der Waals surface area contributed by atoms with Crippen molar-refractivity contribution >= 4 is 47.4 Å². The second-order valence-corrected chi connectivity index (χ2v) is 6.27. The van der Waals surface area contributed by atoms with Crippen molar-refractivity contribution in [2.45, 2.75) is 19.8 Å². The van der Waals surface area contributed by atoms with Crippen molar-refractivity contribution in [3.8, 4) is 0 Å². The van der Waals surface area contributed by atoms with Gasteiger partial charge < -0.3 is 11.1 Å². The minimum absolute atomic E-state index is 0. The first-order valence-corrected chi connectivity index (χ1v) is 8.65. The molecule has 0 spiro atoms. The summed E-state index contributed by atoms with van der Waals surface area (Å²) in [4.78, 5) is 30.1. The average Bonchev–Trinajstić information content (AvgIpc) is 2.88. The van der Waals surface area contributed by atoms with Crippen molar-refractivity contribution in [3.05, 3.63) is 65.2 Å². The van der Waals surface area contributed by atoms with Crippen molar-refractivity contribution in [1.29, 1.82) is 0 Å². The molecule has 0 saturated carbocycles. The number of unbranched alkanes of at least 4 members (excludes halogenated alkanes) is 1. The Kier molecular flexibility index (Phi) is 7.35. The van der Waals surface area contributed by atoms with Crippen LogP contribution in [0.3, 0.4) is 0 Å². The molecule has 3 rings (SSSR count). The van der Waals surface area contributed by atoms with Crippen molar-refractivity contribution in [2.24, 2.45) is 10.7 Å². The molecule has 6 nitrogen and oxygen atoms in total. The highest BCUT2D eigenvalue weighted by Gasteiger charge is 2.34. The van der Waals surface area contributed by atoms with Gasteiger partial charge in [0.05, 0.1) is 11.1 Å². The van der Waals surface area contributed by atoms with E-state index in [1.165, 1.54) is 10.5 Å². The van der Waals surface area contributed by atoms with E-state index in [9.17, 15) is 9.59 Å². The van der Waals surface area contributed by atoms with Gasteiger partial charge in [0.25, 0.3) is 11.8 Å². The number of fused-ring (bicyclic) bond motifs is 1. The number of aryl methyl sites for hydroxylation is 1. The number of rotatable bonds is 6. The molecule has 1 aliphatic rings. The molecule has 0 unspecified atom stereocenters. The third-order valence-corrected chi connectivity index (χ3v) is 4.27. The van der Waals surface area contributed by atoms with Crippen LogP contribution in [0.1, 0.15) is 39.1 Å². The number of guanidine groups is 1. The highest BCUT2D eigenvalue weighted by Crippen LogP contribution is 2.22. The van der Waals surface area contributed by atoms with Crippen molar-refractivity contribution in [2.75, 3.05) is 18.4 Å². The second-order valence-electron chi connectivity index (χ2n) is 6.27. The lowest BCUT2D eigenvalue weighted by Crippen LogP contribution is -2.30. The monoisotopic (exact) mass is 478 g/mol. The molecule has 7 heteroatoms. The number of nitrogens with zero attached hydrogens (tertiary/aromatic N) is 2. The van der Waals surface area contributed by atoms with Crippen LogP contribution in [-0.4, -0.2) is 35.8 Å². The molecule has 0 aromatic heterocycles. The van der Waals surface area contributed by atoms with Crippen LogP contribution >= 0.6 is 24.0 Å². The average molecular weight is 478 g/mol. The van der Waals surface area contributed by atoms with E-state index in [1.54, 1.807) is 24.3 Å². The maximum absolute atomic E-state index is 12.3. The number of hydrogen-bond acceptors (Lipinski definition) is 3. The molecule has 0 radical (unpaired) electrons. The van der Waals surface area contributed by atoms with Gasteiger partial charge in [0, 0.05) is 18.8 Å². The Morgan fingerprint density at radius 1 is 1.00 bits per heavy atom. The quantitative estimate of drug-likeness (QED) is 0.219. The molecule has 0 bridgehead atoms. The minimum Gasteiger partial charge on any atom is -0.370 e. The third kappa shape index (κ3) is 5.06. The van der Waals surface area contributed by atoms with E-state index >= 15 is 0 Å². The van der Waals surface area contributed by atoms with Crippen LogP contribution in [0.25, 0.3) is 0 Å². The summed E-state index contributed by atoms with van der Waals surface area (Å²) >= 11 is 0. The molecule has 1 heterocycles. The van der Waals surface area contributed by atoms with Gasteiger partial charge in [-0.1, -0.05) is 29.8 Å². The number of nitrogens with two attached hydrogens (primary N) is 1. The van der Waals surface area contributed by atoms with Crippen LogP contribution < -0.4 is 11.1 Å². The topological polar surface area (TPSA) is 87.8 Å². The maximum Gasteiger partial charge on any atom is 0.261 e. The molecule has 0 aliphatic carbocycles. The van der Waals surface area contributed by atoms with Gasteiger partial charge in [-0.15, -0.1) is 24.0 Å². The van der Waals surface area contributed by atoms with E-state index in [0.717, 1.165) is 12.1 Å². The van der Waals surface area contributed by atoms with E-state index in [2.05, 4.69) is 10.3 Å². The zero-order valence-electron chi connectivity index (χ0n) is 15.1. The Morgan fingerprint density at radius 3 is 2.19 bits per heavy atom. The Morgan fingerprint density at radius 2 is 1.59 bits per heavy atom. The van der Waals surface area contributed by atoms with E-state index in [4.69, 9.17) is 5.73 Å². The van der Waals surface area contributed by atoms with Crippen LogP contribution in [0.15, 0.2) is 53.5 Å². The Hall–Kier alpha value is -2.42. The van der Waals surface area contributed by atoms with E-state index in [-0.39, 0.29) is 35.8 Å². The van der Waals surface area contributed by atoms with Gasteiger partial charge in [-0.25, -0.2) is 0 Å². The van der Waals surface area contributed by atoms with Crippen molar-refractivity contribution in [3.63, 3.8) is 0 Å². The number of anilines is 1. The number of halogens is 1. The summed E-state index contributed by atoms with van der Waals surface area (Å²) in [5.74, 6) is -0.0705. The first kappa shape index (κ1) is 20.9. The van der Waals surface area contributed by atoms with Gasteiger partial charge in [-0.2, -0.15) is 0 Å². The van der Waals surface area contributed by atoms with E-state index < -0.39 is 0 Å². The smallest absolute Gasteiger partial charge is 0.261 e. The first-order valence-electron chi connectivity index (χ1n) is 8.65.